The molecule has 1 aliphatic heterocycles. The molecule has 1 aliphatic rings. The Labute approximate surface area is 148 Å². The van der Waals surface area contributed by atoms with Crippen LogP contribution in [-0.2, 0) is 9.59 Å². The summed E-state index contributed by atoms with van der Waals surface area (Å²) in [6.07, 6.45) is 1.59. The smallest absolute Gasteiger partial charge is 0.260 e. The van der Waals surface area contributed by atoms with E-state index < -0.39 is 0 Å². The first-order valence-electron chi connectivity index (χ1n) is 8.61. The van der Waals surface area contributed by atoms with Gasteiger partial charge < -0.3 is 15.0 Å². The SMILES string of the molecule is Cc1cccc(OCC(=O)N2CCC(CNC(=O)CC#N)CC2)c1C. The molecule has 1 aromatic rings. The van der Waals surface area contributed by atoms with Crippen molar-refractivity contribution in [1.29, 1.82) is 5.26 Å². The molecule has 0 saturated carbocycles. The van der Waals surface area contributed by atoms with Gasteiger partial charge in [0.15, 0.2) is 6.61 Å². The van der Waals surface area contributed by atoms with Crippen molar-refractivity contribution in [2.45, 2.75) is 33.1 Å². The van der Waals surface area contributed by atoms with Crippen LogP contribution in [0.15, 0.2) is 18.2 Å². The van der Waals surface area contributed by atoms with Crippen LogP contribution in [0.4, 0.5) is 0 Å². The number of benzene rings is 1. The number of hydrogen-bond donors (Lipinski definition) is 1. The first-order chi connectivity index (χ1) is 12.0. The predicted octanol–water partition coefficient (Wildman–Crippen LogP) is 1.95. The van der Waals surface area contributed by atoms with Gasteiger partial charge in [-0.2, -0.15) is 5.26 Å². The zero-order valence-electron chi connectivity index (χ0n) is 14.9. The van der Waals surface area contributed by atoms with Gasteiger partial charge in [-0.15, -0.1) is 0 Å². The fourth-order valence-electron chi connectivity index (χ4n) is 2.89. The van der Waals surface area contributed by atoms with Gasteiger partial charge in [0.2, 0.25) is 5.91 Å². The lowest BCUT2D eigenvalue weighted by atomic mass is 9.96. The van der Waals surface area contributed by atoms with Crippen molar-refractivity contribution in [3.8, 4) is 11.8 Å². The Bertz CT molecular complexity index is 658. The molecule has 1 fully saturated rings. The molecule has 0 aromatic heterocycles. The van der Waals surface area contributed by atoms with E-state index in [0.29, 0.717) is 25.6 Å². The van der Waals surface area contributed by atoms with Crippen LogP contribution in [0.1, 0.15) is 30.4 Å². The third kappa shape index (κ3) is 5.49. The summed E-state index contributed by atoms with van der Waals surface area (Å²) in [4.78, 5) is 25.5. The lowest BCUT2D eigenvalue weighted by Crippen LogP contribution is -2.43. The van der Waals surface area contributed by atoms with Gasteiger partial charge in [-0.3, -0.25) is 9.59 Å². The molecule has 6 nitrogen and oxygen atoms in total. The van der Waals surface area contributed by atoms with E-state index in [4.69, 9.17) is 10.00 Å². The lowest BCUT2D eigenvalue weighted by molar-refractivity contribution is -0.135. The number of amides is 2. The summed E-state index contributed by atoms with van der Waals surface area (Å²) >= 11 is 0. The van der Waals surface area contributed by atoms with Crippen molar-refractivity contribution in [2.75, 3.05) is 26.2 Å². The molecule has 1 heterocycles. The lowest BCUT2D eigenvalue weighted by Gasteiger charge is -2.32. The summed E-state index contributed by atoms with van der Waals surface area (Å²) in [5, 5.41) is 11.2. The second kappa shape index (κ2) is 9.07. The summed E-state index contributed by atoms with van der Waals surface area (Å²) in [6, 6.07) is 7.66. The molecule has 2 amide bonds. The molecule has 1 N–H and O–H groups in total. The van der Waals surface area contributed by atoms with E-state index in [1.165, 1.54) is 0 Å². The number of rotatable bonds is 6. The zero-order chi connectivity index (χ0) is 18.2. The molecule has 0 unspecified atom stereocenters. The molecule has 134 valence electrons. The summed E-state index contributed by atoms with van der Waals surface area (Å²) in [6.45, 7) is 5.97. The Morgan fingerprint density at radius 3 is 2.72 bits per heavy atom. The molecule has 0 radical (unpaired) electrons. The molecule has 25 heavy (non-hydrogen) atoms. The molecule has 0 spiro atoms. The highest BCUT2D eigenvalue weighted by Crippen LogP contribution is 2.21. The first-order valence-corrected chi connectivity index (χ1v) is 8.61. The second-order valence-electron chi connectivity index (χ2n) is 6.45. The van der Waals surface area contributed by atoms with Crippen molar-refractivity contribution in [2.24, 2.45) is 5.92 Å². The van der Waals surface area contributed by atoms with Gasteiger partial charge in [-0.05, 0) is 49.8 Å². The Morgan fingerprint density at radius 1 is 1.32 bits per heavy atom. The Balaban J connectivity index is 1.73. The van der Waals surface area contributed by atoms with Crippen LogP contribution < -0.4 is 10.1 Å². The Kier molecular flexibility index (Phi) is 6.81. The minimum absolute atomic E-state index is 0.00660. The van der Waals surface area contributed by atoms with Crippen LogP contribution >= 0.6 is 0 Å². The number of nitrogens with zero attached hydrogens (tertiary/aromatic N) is 2. The molecular formula is C19H25N3O3. The van der Waals surface area contributed by atoms with Crippen molar-refractivity contribution < 1.29 is 14.3 Å². The van der Waals surface area contributed by atoms with E-state index in [9.17, 15) is 9.59 Å². The molecule has 0 bridgehead atoms. The number of carbonyl (C=O) groups excluding carboxylic acids is 2. The highest BCUT2D eigenvalue weighted by atomic mass is 16.5. The van der Waals surface area contributed by atoms with Crippen LogP contribution in [0, 0.1) is 31.1 Å². The van der Waals surface area contributed by atoms with E-state index in [0.717, 1.165) is 29.7 Å². The normalized spacial score (nSPS) is 14.7. The van der Waals surface area contributed by atoms with Gasteiger partial charge in [-0.1, -0.05) is 12.1 Å². The molecule has 1 saturated heterocycles. The van der Waals surface area contributed by atoms with Gasteiger partial charge in [0.25, 0.3) is 5.91 Å². The van der Waals surface area contributed by atoms with Gasteiger partial charge in [-0.25, -0.2) is 0 Å². The van der Waals surface area contributed by atoms with Crippen LogP contribution in [-0.4, -0.2) is 43.0 Å². The number of nitrogens with one attached hydrogen (secondary N) is 1. The van der Waals surface area contributed by atoms with Crippen molar-refractivity contribution in [3.63, 3.8) is 0 Å². The molecule has 0 atom stereocenters. The topological polar surface area (TPSA) is 82.4 Å². The number of aryl methyl sites for hydroxylation is 1. The molecule has 2 rings (SSSR count). The van der Waals surface area contributed by atoms with Crippen LogP contribution in [0.5, 0.6) is 5.75 Å². The van der Waals surface area contributed by atoms with Gasteiger partial charge in [0.05, 0.1) is 6.07 Å². The van der Waals surface area contributed by atoms with Crippen molar-refractivity contribution in [1.82, 2.24) is 10.2 Å². The minimum atomic E-state index is -0.233. The average molecular weight is 343 g/mol. The third-order valence-electron chi connectivity index (χ3n) is 4.70. The summed E-state index contributed by atoms with van der Waals surface area (Å²) in [5.41, 5.74) is 2.20. The summed E-state index contributed by atoms with van der Waals surface area (Å²) in [7, 11) is 0. The first kappa shape index (κ1) is 18.8. The van der Waals surface area contributed by atoms with E-state index in [1.807, 2.05) is 43.0 Å². The van der Waals surface area contributed by atoms with Crippen LogP contribution in [0.25, 0.3) is 0 Å². The average Bonchev–Trinajstić information content (AvgIpc) is 2.61. The molecule has 1 aromatic carbocycles. The maximum atomic E-state index is 12.3. The number of ether oxygens (including phenoxy) is 1. The summed E-state index contributed by atoms with van der Waals surface area (Å²) in [5.74, 6) is 0.867. The predicted molar refractivity (Wildman–Crippen MR) is 94.0 cm³/mol. The highest BCUT2D eigenvalue weighted by Gasteiger charge is 2.23. The Morgan fingerprint density at radius 2 is 2.04 bits per heavy atom. The second-order valence-corrected chi connectivity index (χ2v) is 6.45. The van der Waals surface area contributed by atoms with Crippen LogP contribution in [0.2, 0.25) is 0 Å². The fourth-order valence-corrected chi connectivity index (χ4v) is 2.89. The van der Waals surface area contributed by atoms with E-state index in [2.05, 4.69) is 5.32 Å². The Hall–Kier alpha value is -2.55. The van der Waals surface area contributed by atoms with E-state index >= 15 is 0 Å². The monoisotopic (exact) mass is 343 g/mol. The number of likely N-dealkylation sites (tertiary alicyclic amines) is 1. The maximum Gasteiger partial charge on any atom is 0.260 e. The summed E-state index contributed by atoms with van der Waals surface area (Å²) < 4.78 is 5.69. The fraction of sp³-hybridized carbons (Fsp3) is 0.526. The van der Waals surface area contributed by atoms with Crippen LogP contribution in [0.3, 0.4) is 0 Å². The van der Waals surface area contributed by atoms with Gasteiger partial charge in [0, 0.05) is 19.6 Å². The maximum absolute atomic E-state index is 12.3. The van der Waals surface area contributed by atoms with Gasteiger partial charge in [0.1, 0.15) is 12.2 Å². The largest absolute Gasteiger partial charge is 0.483 e. The quantitative estimate of drug-likeness (QED) is 0.856. The minimum Gasteiger partial charge on any atom is -0.483 e. The zero-order valence-corrected chi connectivity index (χ0v) is 14.9. The third-order valence-corrected chi connectivity index (χ3v) is 4.70. The standard InChI is InChI=1S/C19H25N3O3/c1-14-4-3-5-17(15(14)2)25-13-19(24)22-10-7-16(8-11-22)12-21-18(23)6-9-20/h3-5,16H,6-8,10-13H2,1-2H3,(H,21,23). The number of hydrogen-bond acceptors (Lipinski definition) is 4. The van der Waals surface area contributed by atoms with Gasteiger partial charge >= 0.3 is 0 Å². The number of nitriles is 1. The molecule has 0 aliphatic carbocycles. The molecular weight excluding hydrogens is 318 g/mol. The van der Waals surface area contributed by atoms with E-state index in [-0.39, 0.29) is 24.8 Å². The van der Waals surface area contributed by atoms with E-state index in [1.54, 1.807) is 0 Å². The van der Waals surface area contributed by atoms with Crippen molar-refractivity contribution >= 4 is 11.8 Å². The molecule has 6 heteroatoms. The number of carbonyl (C=O) groups is 2. The number of piperidine rings is 1. The van der Waals surface area contributed by atoms with Crippen molar-refractivity contribution in [3.05, 3.63) is 29.3 Å². The highest BCUT2D eigenvalue weighted by molar-refractivity contribution is 5.78.